The molecule has 0 aliphatic carbocycles. The van der Waals surface area contributed by atoms with Gasteiger partial charge in [0, 0.05) is 16.3 Å². The molecule has 1 heterocycles. The van der Waals surface area contributed by atoms with Gasteiger partial charge in [-0.25, -0.2) is 13.1 Å². The van der Waals surface area contributed by atoms with E-state index in [0.717, 1.165) is 20.9 Å². The summed E-state index contributed by atoms with van der Waals surface area (Å²) in [7, 11) is -3.59. The van der Waals surface area contributed by atoms with Gasteiger partial charge in [-0.05, 0) is 40.8 Å². The highest BCUT2D eigenvalue weighted by Gasteiger charge is 2.18. The number of nitrogens with one attached hydrogen (secondary N) is 1. The van der Waals surface area contributed by atoms with Gasteiger partial charge in [0.25, 0.3) is 0 Å². The molecule has 0 radical (unpaired) electrons. The van der Waals surface area contributed by atoms with Crippen LogP contribution in [0.1, 0.15) is 47.8 Å². The number of hydrogen-bond acceptors (Lipinski definition) is 4. The summed E-state index contributed by atoms with van der Waals surface area (Å²) in [6.45, 7) is 6.46. The summed E-state index contributed by atoms with van der Waals surface area (Å²) in [6.07, 6.45) is -0.707. The van der Waals surface area contributed by atoms with Crippen LogP contribution in [0.25, 0.3) is 0 Å². The number of benzene rings is 2. The summed E-state index contributed by atoms with van der Waals surface area (Å²) in [6, 6.07) is 20.1. The first kappa shape index (κ1) is 20.7. The largest absolute Gasteiger partial charge is 0.383 e. The Morgan fingerprint density at radius 1 is 0.964 bits per heavy atom. The van der Waals surface area contributed by atoms with Crippen molar-refractivity contribution in [3.8, 4) is 0 Å². The van der Waals surface area contributed by atoms with E-state index < -0.39 is 16.1 Å². The summed E-state index contributed by atoms with van der Waals surface area (Å²) in [5.74, 6) is 0. The molecule has 28 heavy (non-hydrogen) atoms. The Labute approximate surface area is 170 Å². The van der Waals surface area contributed by atoms with Crippen LogP contribution in [-0.2, 0) is 22.0 Å². The smallest absolute Gasteiger partial charge is 0.240 e. The fourth-order valence-corrected chi connectivity index (χ4v) is 4.88. The zero-order chi connectivity index (χ0) is 20.4. The highest BCUT2D eigenvalue weighted by molar-refractivity contribution is 7.89. The molecule has 4 nitrogen and oxygen atoms in total. The lowest BCUT2D eigenvalue weighted by Gasteiger charge is -2.19. The maximum absolute atomic E-state index is 12.6. The van der Waals surface area contributed by atoms with Crippen LogP contribution < -0.4 is 4.72 Å². The third-order valence-corrected chi connectivity index (χ3v) is 7.09. The minimum absolute atomic E-state index is 0.0251. The van der Waals surface area contributed by atoms with Crippen LogP contribution in [0.15, 0.2) is 71.6 Å². The first-order chi connectivity index (χ1) is 13.2. The molecular weight excluding hydrogens is 390 g/mol. The molecule has 6 heteroatoms. The quantitative estimate of drug-likeness (QED) is 0.618. The Bertz CT molecular complexity index is 1020. The summed E-state index contributed by atoms with van der Waals surface area (Å²) < 4.78 is 27.8. The molecule has 1 unspecified atom stereocenters. The Morgan fingerprint density at radius 2 is 1.61 bits per heavy atom. The number of rotatable bonds is 6. The average molecular weight is 416 g/mol. The van der Waals surface area contributed by atoms with Crippen LogP contribution in [0.5, 0.6) is 0 Å². The van der Waals surface area contributed by atoms with E-state index >= 15 is 0 Å². The van der Waals surface area contributed by atoms with Crippen LogP contribution >= 0.6 is 11.3 Å². The maximum Gasteiger partial charge on any atom is 0.240 e. The minimum atomic E-state index is -3.59. The van der Waals surface area contributed by atoms with Gasteiger partial charge in [-0.2, -0.15) is 0 Å². The third kappa shape index (κ3) is 4.89. The second kappa shape index (κ2) is 8.17. The number of aliphatic hydroxyl groups excluding tert-OH is 1. The van der Waals surface area contributed by atoms with Gasteiger partial charge in [0.15, 0.2) is 0 Å². The summed E-state index contributed by atoms with van der Waals surface area (Å²) in [4.78, 5) is 1.89. The lowest BCUT2D eigenvalue weighted by Crippen LogP contribution is -2.23. The standard InChI is InChI=1S/C22H25NO3S2/c1-22(2,3)17-9-12-19(13-10-17)28(25,26)23-15-18-11-14-20(27-18)21(24)16-7-5-4-6-8-16/h4-14,21,23-24H,15H2,1-3H3. The van der Waals surface area contributed by atoms with E-state index in [1.54, 1.807) is 12.1 Å². The van der Waals surface area contributed by atoms with Crippen molar-refractivity contribution in [2.45, 2.75) is 43.7 Å². The first-order valence-corrected chi connectivity index (χ1v) is 11.4. The second-order valence-corrected chi connectivity index (χ2v) is 10.7. The lowest BCUT2D eigenvalue weighted by molar-refractivity contribution is 0.224. The zero-order valence-corrected chi connectivity index (χ0v) is 17.8. The van der Waals surface area contributed by atoms with E-state index in [0.29, 0.717) is 0 Å². The molecule has 1 aromatic heterocycles. The third-order valence-electron chi connectivity index (χ3n) is 4.53. The van der Waals surface area contributed by atoms with Gasteiger partial charge < -0.3 is 5.11 Å². The summed E-state index contributed by atoms with van der Waals surface area (Å²) >= 11 is 1.40. The zero-order valence-electron chi connectivity index (χ0n) is 16.2. The lowest BCUT2D eigenvalue weighted by atomic mass is 9.87. The number of hydrogen-bond donors (Lipinski definition) is 2. The van der Waals surface area contributed by atoms with Crippen molar-refractivity contribution in [3.63, 3.8) is 0 Å². The van der Waals surface area contributed by atoms with Gasteiger partial charge >= 0.3 is 0 Å². The maximum atomic E-state index is 12.6. The molecule has 0 saturated carbocycles. The van der Waals surface area contributed by atoms with Gasteiger partial charge in [0.05, 0.1) is 4.90 Å². The van der Waals surface area contributed by atoms with E-state index in [-0.39, 0.29) is 16.9 Å². The van der Waals surface area contributed by atoms with Crippen molar-refractivity contribution in [2.24, 2.45) is 0 Å². The van der Waals surface area contributed by atoms with Crippen molar-refractivity contribution in [2.75, 3.05) is 0 Å². The molecule has 0 saturated heterocycles. The fourth-order valence-electron chi connectivity index (χ4n) is 2.82. The molecule has 0 aliphatic rings. The van der Waals surface area contributed by atoms with Crippen molar-refractivity contribution >= 4 is 21.4 Å². The summed E-state index contributed by atoms with van der Waals surface area (Å²) in [5, 5.41) is 10.5. The van der Waals surface area contributed by atoms with E-state index in [1.165, 1.54) is 11.3 Å². The molecule has 2 N–H and O–H groups in total. The molecule has 1 atom stereocenters. The molecule has 3 aromatic rings. The molecule has 2 aromatic carbocycles. The summed E-state index contributed by atoms with van der Waals surface area (Å²) in [5.41, 5.74) is 1.88. The molecule has 0 fully saturated rings. The van der Waals surface area contributed by atoms with Crippen molar-refractivity contribution in [1.82, 2.24) is 4.72 Å². The molecule has 0 amide bonds. The van der Waals surface area contributed by atoms with E-state index in [4.69, 9.17) is 0 Å². The van der Waals surface area contributed by atoms with E-state index in [1.807, 2.05) is 54.6 Å². The Kier molecular flexibility index (Phi) is 6.05. The van der Waals surface area contributed by atoms with Crippen LogP contribution in [0, 0.1) is 0 Å². The van der Waals surface area contributed by atoms with Crippen molar-refractivity contribution in [3.05, 3.63) is 87.6 Å². The molecule has 148 valence electrons. The van der Waals surface area contributed by atoms with Gasteiger partial charge in [-0.1, -0.05) is 63.2 Å². The minimum Gasteiger partial charge on any atom is -0.383 e. The normalized spacial score (nSPS) is 13.4. The fraction of sp³-hybridized carbons (Fsp3) is 0.273. The van der Waals surface area contributed by atoms with Gasteiger partial charge in [0.2, 0.25) is 10.0 Å². The van der Waals surface area contributed by atoms with Crippen molar-refractivity contribution in [1.29, 1.82) is 0 Å². The number of aliphatic hydroxyl groups is 1. The predicted molar refractivity (Wildman–Crippen MR) is 114 cm³/mol. The van der Waals surface area contributed by atoms with Crippen LogP contribution in [-0.4, -0.2) is 13.5 Å². The van der Waals surface area contributed by atoms with Crippen LogP contribution in [0.4, 0.5) is 0 Å². The Morgan fingerprint density at radius 3 is 2.21 bits per heavy atom. The van der Waals surface area contributed by atoms with Gasteiger partial charge in [0.1, 0.15) is 6.10 Å². The monoisotopic (exact) mass is 415 g/mol. The highest BCUT2D eigenvalue weighted by Crippen LogP contribution is 2.29. The number of thiophene rings is 1. The van der Waals surface area contributed by atoms with Gasteiger partial charge in [-0.15, -0.1) is 11.3 Å². The second-order valence-electron chi connectivity index (χ2n) is 7.72. The van der Waals surface area contributed by atoms with E-state index in [9.17, 15) is 13.5 Å². The molecule has 0 bridgehead atoms. The predicted octanol–water partition coefficient (Wildman–Crippen LogP) is 4.61. The molecule has 3 rings (SSSR count). The molecule has 0 spiro atoms. The van der Waals surface area contributed by atoms with Crippen LogP contribution in [0.2, 0.25) is 0 Å². The van der Waals surface area contributed by atoms with Crippen molar-refractivity contribution < 1.29 is 13.5 Å². The Hall–Kier alpha value is -1.99. The molecule has 0 aliphatic heterocycles. The van der Waals surface area contributed by atoms with E-state index in [2.05, 4.69) is 25.5 Å². The molecular formula is C22H25NO3S2. The SMILES string of the molecule is CC(C)(C)c1ccc(S(=O)(=O)NCc2ccc(C(O)c3ccccc3)s2)cc1. The van der Waals surface area contributed by atoms with Crippen LogP contribution in [0.3, 0.4) is 0 Å². The average Bonchev–Trinajstić information content (AvgIpc) is 3.15. The topological polar surface area (TPSA) is 66.4 Å². The number of sulfonamides is 1. The van der Waals surface area contributed by atoms with Gasteiger partial charge in [-0.3, -0.25) is 0 Å². The first-order valence-electron chi connectivity index (χ1n) is 9.09. The Balaban J connectivity index is 1.67. The highest BCUT2D eigenvalue weighted by atomic mass is 32.2.